The minimum absolute atomic E-state index is 0.674. The SMILES string of the molecule is Cc1nc(-c2ccc(N)cc2)sc1CC(C)C. The molecule has 0 radical (unpaired) electrons. The molecule has 1 aromatic heterocycles. The average molecular weight is 246 g/mol. The Morgan fingerprint density at radius 1 is 1.24 bits per heavy atom. The molecule has 17 heavy (non-hydrogen) atoms. The highest BCUT2D eigenvalue weighted by molar-refractivity contribution is 7.15. The molecule has 0 aliphatic carbocycles. The van der Waals surface area contributed by atoms with Gasteiger partial charge in [-0.15, -0.1) is 11.3 Å². The Morgan fingerprint density at radius 2 is 1.88 bits per heavy atom. The van der Waals surface area contributed by atoms with E-state index in [9.17, 15) is 0 Å². The quantitative estimate of drug-likeness (QED) is 0.834. The first-order chi connectivity index (χ1) is 8.06. The predicted molar refractivity (Wildman–Crippen MR) is 75.2 cm³/mol. The Balaban J connectivity index is 2.31. The molecule has 0 atom stereocenters. The Labute approximate surface area is 107 Å². The Morgan fingerprint density at radius 3 is 2.47 bits per heavy atom. The van der Waals surface area contributed by atoms with Crippen molar-refractivity contribution in [1.82, 2.24) is 4.98 Å². The van der Waals surface area contributed by atoms with Crippen LogP contribution in [0.2, 0.25) is 0 Å². The van der Waals surface area contributed by atoms with Gasteiger partial charge in [0.15, 0.2) is 0 Å². The van der Waals surface area contributed by atoms with Crippen LogP contribution in [-0.4, -0.2) is 4.98 Å². The number of rotatable bonds is 3. The van der Waals surface area contributed by atoms with E-state index in [1.165, 1.54) is 4.88 Å². The molecule has 0 aliphatic heterocycles. The van der Waals surface area contributed by atoms with Crippen molar-refractivity contribution in [2.75, 3.05) is 5.73 Å². The Bertz CT molecular complexity index is 497. The molecule has 0 saturated carbocycles. The molecule has 0 fully saturated rings. The van der Waals surface area contributed by atoms with Crippen molar-refractivity contribution in [2.45, 2.75) is 27.2 Å². The lowest BCUT2D eigenvalue weighted by molar-refractivity contribution is 0.651. The maximum atomic E-state index is 5.69. The van der Waals surface area contributed by atoms with Crippen molar-refractivity contribution in [2.24, 2.45) is 5.92 Å². The summed E-state index contributed by atoms with van der Waals surface area (Å²) < 4.78 is 0. The summed E-state index contributed by atoms with van der Waals surface area (Å²) in [5, 5.41) is 1.10. The standard InChI is InChI=1S/C14H18N2S/c1-9(2)8-13-10(3)16-14(17-13)11-4-6-12(15)7-5-11/h4-7,9H,8,15H2,1-3H3. The number of hydrogen-bond acceptors (Lipinski definition) is 3. The summed E-state index contributed by atoms with van der Waals surface area (Å²) in [6, 6.07) is 7.92. The molecular weight excluding hydrogens is 228 g/mol. The molecule has 2 rings (SSSR count). The lowest BCUT2D eigenvalue weighted by Gasteiger charge is -2.00. The fraction of sp³-hybridized carbons (Fsp3) is 0.357. The molecule has 1 heterocycles. The van der Waals surface area contributed by atoms with Crippen molar-refractivity contribution in [1.29, 1.82) is 0 Å². The first-order valence-corrected chi connectivity index (χ1v) is 6.70. The minimum atomic E-state index is 0.674. The number of thiazole rings is 1. The van der Waals surface area contributed by atoms with E-state index in [0.717, 1.165) is 28.4 Å². The van der Waals surface area contributed by atoms with Crippen molar-refractivity contribution in [3.05, 3.63) is 34.8 Å². The van der Waals surface area contributed by atoms with Crippen LogP contribution in [0.15, 0.2) is 24.3 Å². The van der Waals surface area contributed by atoms with Gasteiger partial charge in [0.25, 0.3) is 0 Å². The topological polar surface area (TPSA) is 38.9 Å². The maximum absolute atomic E-state index is 5.69. The van der Waals surface area contributed by atoms with Gasteiger partial charge in [0, 0.05) is 16.1 Å². The van der Waals surface area contributed by atoms with Crippen LogP contribution in [0.5, 0.6) is 0 Å². The second kappa shape index (κ2) is 4.88. The first-order valence-electron chi connectivity index (χ1n) is 5.88. The number of nitrogen functional groups attached to an aromatic ring is 1. The number of nitrogens with zero attached hydrogens (tertiary/aromatic N) is 1. The summed E-state index contributed by atoms with van der Waals surface area (Å²) in [5.41, 5.74) is 8.80. The van der Waals surface area contributed by atoms with Gasteiger partial charge in [0.1, 0.15) is 5.01 Å². The van der Waals surface area contributed by atoms with Crippen molar-refractivity contribution in [3.8, 4) is 10.6 Å². The zero-order chi connectivity index (χ0) is 12.4. The summed E-state index contributed by atoms with van der Waals surface area (Å²) in [7, 11) is 0. The van der Waals surface area contributed by atoms with Gasteiger partial charge >= 0.3 is 0 Å². The minimum Gasteiger partial charge on any atom is -0.399 e. The van der Waals surface area contributed by atoms with Crippen LogP contribution in [0, 0.1) is 12.8 Å². The van der Waals surface area contributed by atoms with Gasteiger partial charge < -0.3 is 5.73 Å². The lowest BCUT2D eigenvalue weighted by atomic mass is 10.1. The van der Waals surface area contributed by atoms with E-state index in [1.54, 1.807) is 11.3 Å². The van der Waals surface area contributed by atoms with Gasteiger partial charge in [0.05, 0.1) is 5.69 Å². The zero-order valence-electron chi connectivity index (χ0n) is 10.5. The molecule has 1 aromatic carbocycles. The van der Waals surface area contributed by atoms with Crippen LogP contribution >= 0.6 is 11.3 Å². The molecule has 2 N–H and O–H groups in total. The van der Waals surface area contributed by atoms with E-state index in [4.69, 9.17) is 5.73 Å². The molecule has 0 unspecified atom stereocenters. The third kappa shape index (κ3) is 2.86. The van der Waals surface area contributed by atoms with Gasteiger partial charge in [-0.1, -0.05) is 13.8 Å². The molecule has 2 nitrogen and oxygen atoms in total. The highest BCUT2D eigenvalue weighted by Crippen LogP contribution is 2.29. The number of aromatic nitrogens is 1. The lowest BCUT2D eigenvalue weighted by Crippen LogP contribution is -1.92. The fourth-order valence-electron chi connectivity index (χ4n) is 1.74. The number of benzene rings is 1. The second-order valence-electron chi connectivity index (χ2n) is 4.75. The number of anilines is 1. The third-order valence-electron chi connectivity index (χ3n) is 2.64. The molecule has 0 spiro atoms. The van der Waals surface area contributed by atoms with Gasteiger partial charge in [-0.3, -0.25) is 0 Å². The van der Waals surface area contributed by atoms with Crippen molar-refractivity contribution >= 4 is 17.0 Å². The van der Waals surface area contributed by atoms with E-state index < -0.39 is 0 Å². The molecule has 3 heteroatoms. The molecule has 0 amide bonds. The van der Waals surface area contributed by atoms with Crippen LogP contribution in [0.3, 0.4) is 0 Å². The summed E-state index contributed by atoms with van der Waals surface area (Å²) in [6.45, 7) is 6.57. The van der Waals surface area contributed by atoms with Gasteiger partial charge in [-0.2, -0.15) is 0 Å². The molecule has 0 bridgehead atoms. The number of hydrogen-bond donors (Lipinski definition) is 1. The highest BCUT2D eigenvalue weighted by atomic mass is 32.1. The molecule has 90 valence electrons. The third-order valence-corrected chi connectivity index (χ3v) is 3.87. The normalized spacial score (nSPS) is 11.1. The van der Waals surface area contributed by atoms with E-state index in [0.29, 0.717) is 5.92 Å². The summed E-state index contributed by atoms with van der Waals surface area (Å²) in [5.74, 6) is 0.674. The predicted octanol–water partition coefficient (Wildman–Crippen LogP) is 3.90. The maximum Gasteiger partial charge on any atom is 0.123 e. The van der Waals surface area contributed by atoms with E-state index in [1.807, 2.05) is 24.3 Å². The zero-order valence-corrected chi connectivity index (χ0v) is 11.3. The van der Waals surface area contributed by atoms with Gasteiger partial charge in [-0.25, -0.2) is 4.98 Å². The van der Waals surface area contributed by atoms with Gasteiger partial charge in [-0.05, 0) is 43.5 Å². The van der Waals surface area contributed by atoms with E-state index in [-0.39, 0.29) is 0 Å². The highest BCUT2D eigenvalue weighted by Gasteiger charge is 2.10. The molecular formula is C14H18N2S. The second-order valence-corrected chi connectivity index (χ2v) is 5.83. The fourth-order valence-corrected chi connectivity index (χ4v) is 3.02. The largest absolute Gasteiger partial charge is 0.399 e. The van der Waals surface area contributed by atoms with E-state index >= 15 is 0 Å². The van der Waals surface area contributed by atoms with E-state index in [2.05, 4.69) is 25.8 Å². The Kier molecular flexibility index (Phi) is 3.48. The van der Waals surface area contributed by atoms with Gasteiger partial charge in [0.2, 0.25) is 0 Å². The number of aryl methyl sites for hydroxylation is 1. The monoisotopic (exact) mass is 246 g/mol. The van der Waals surface area contributed by atoms with Crippen LogP contribution in [-0.2, 0) is 6.42 Å². The van der Waals surface area contributed by atoms with Crippen LogP contribution < -0.4 is 5.73 Å². The smallest absolute Gasteiger partial charge is 0.123 e. The number of nitrogens with two attached hydrogens (primary N) is 1. The van der Waals surface area contributed by atoms with Crippen LogP contribution in [0.25, 0.3) is 10.6 Å². The summed E-state index contributed by atoms with van der Waals surface area (Å²) in [6.07, 6.45) is 1.11. The summed E-state index contributed by atoms with van der Waals surface area (Å²) >= 11 is 1.79. The summed E-state index contributed by atoms with van der Waals surface area (Å²) in [4.78, 5) is 6.04. The van der Waals surface area contributed by atoms with Crippen molar-refractivity contribution in [3.63, 3.8) is 0 Å². The molecule has 0 saturated heterocycles. The average Bonchev–Trinajstić information content (AvgIpc) is 2.60. The molecule has 0 aliphatic rings. The molecule has 2 aromatic rings. The van der Waals surface area contributed by atoms with Crippen LogP contribution in [0.1, 0.15) is 24.4 Å². The van der Waals surface area contributed by atoms with Crippen molar-refractivity contribution < 1.29 is 0 Å². The Hall–Kier alpha value is -1.35. The van der Waals surface area contributed by atoms with Crippen LogP contribution in [0.4, 0.5) is 5.69 Å². The first kappa shape index (κ1) is 12.1.